The number of pyridine rings is 1. The van der Waals surface area contributed by atoms with E-state index in [1.165, 1.54) is 7.11 Å². The molecule has 0 unspecified atom stereocenters. The Hall–Kier alpha value is -1.89. The molecule has 2 aromatic heterocycles. The first-order valence-electron chi connectivity index (χ1n) is 5.91. The van der Waals surface area contributed by atoms with Crippen molar-refractivity contribution in [2.24, 2.45) is 4.99 Å². The van der Waals surface area contributed by atoms with Crippen LogP contribution in [0.25, 0.3) is 5.65 Å². The SMILES string of the molecule is COC(=O)c1cc(/N=C(\C)N(C)C)c2ncc(Br)n2c1. The molecule has 2 heterocycles. The van der Waals surface area contributed by atoms with E-state index in [-0.39, 0.29) is 0 Å². The van der Waals surface area contributed by atoms with Crippen LogP contribution >= 0.6 is 15.9 Å². The van der Waals surface area contributed by atoms with E-state index in [0.29, 0.717) is 16.9 Å². The molecule has 20 heavy (non-hydrogen) atoms. The van der Waals surface area contributed by atoms with Crippen LogP contribution < -0.4 is 0 Å². The van der Waals surface area contributed by atoms with E-state index in [1.807, 2.05) is 25.9 Å². The number of hydrogen-bond donors (Lipinski definition) is 0. The number of carbonyl (C=O) groups excluding carboxylic acids is 1. The summed E-state index contributed by atoms with van der Waals surface area (Å²) in [5.41, 5.74) is 1.71. The second-order valence-electron chi connectivity index (χ2n) is 4.43. The fraction of sp³-hybridized carbons (Fsp3) is 0.308. The van der Waals surface area contributed by atoms with Crippen molar-refractivity contribution in [1.82, 2.24) is 14.3 Å². The molecule has 0 aliphatic carbocycles. The van der Waals surface area contributed by atoms with Gasteiger partial charge in [-0.3, -0.25) is 4.40 Å². The van der Waals surface area contributed by atoms with Gasteiger partial charge in [0.2, 0.25) is 0 Å². The maximum Gasteiger partial charge on any atom is 0.339 e. The lowest BCUT2D eigenvalue weighted by atomic mass is 10.2. The molecule has 2 rings (SSSR count). The highest BCUT2D eigenvalue weighted by molar-refractivity contribution is 9.10. The number of aromatic nitrogens is 2. The summed E-state index contributed by atoms with van der Waals surface area (Å²) in [7, 11) is 5.16. The van der Waals surface area contributed by atoms with Crippen molar-refractivity contribution in [3.05, 3.63) is 28.6 Å². The highest BCUT2D eigenvalue weighted by Gasteiger charge is 2.13. The molecule has 0 N–H and O–H groups in total. The molecule has 0 spiro atoms. The van der Waals surface area contributed by atoms with E-state index in [4.69, 9.17) is 4.74 Å². The van der Waals surface area contributed by atoms with Gasteiger partial charge in [-0.2, -0.15) is 0 Å². The minimum atomic E-state index is -0.411. The Bertz CT molecular complexity index is 691. The maximum absolute atomic E-state index is 11.7. The molecule has 0 radical (unpaired) electrons. The number of methoxy groups -OCH3 is 1. The molecule has 6 nitrogen and oxygen atoms in total. The van der Waals surface area contributed by atoms with Gasteiger partial charge in [-0.25, -0.2) is 14.8 Å². The summed E-state index contributed by atoms with van der Waals surface area (Å²) in [4.78, 5) is 22.4. The van der Waals surface area contributed by atoms with Gasteiger partial charge in [0.05, 0.1) is 18.9 Å². The number of hydrogen-bond acceptors (Lipinski definition) is 4. The van der Waals surface area contributed by atoms with E-state index in [9.17, 15) is 4.79 Å². The summed E-state index contributed by atoms with van der Waals surface area (Å²) >= 11 is 3.39. The maximum atomic E-state index is 11.7. The Balaban J connectivity index is 2.68. The van der Waals surface area contributed by atoms with E-state index in [0.717, 1.165) is 10.4 Å². The molecule has 0 saturated carbocycles. The third-order valence-electron chi connectivity index (χ3n) is 2.89. The number of ether oxygens (including phenoxy) is 1. The third kappa shape index (κ3) is 2.67. The Kier molecular flexibility index (Phi) is 4.08. The first kappa shape index (κ1) is 14.5. The summed E-state index contributed by atoms with van der Waals surface area (Å²) in [6.45, 7) is 1.89. The minimum absolute atomic E-state index is 0.411. The number of amidine groups is 1. The molecule has 0 aliphatic rings. The number of nitrogens with zero attached hydrogens (tertiary/aromatic N) is 4. The molecule has 0 aromatic carbocycles. The number of fused-ring (bicyclic) bond motifs is 1. The average molecular weight is 339 g/mol. The Morgan fingerprint density at radius 2 is 2.20 bits per heavy atom. The smallest absolute Gasteiger partial charge is 0.339 e. The summed E-state index contributed by atoms with van der Waals surface area (Å²) < 4.78 is 7.27. The molecule has 0 bridgehead atoms. The van der Waals surface area contributed by atoms with Gasteiger partial charge in [0.15, 0.2) is 5.65 Å². The van der Waals surface area contributed by atoms with Crippen LogP contribution in [0, 0.1) is 0 Å². The highest BCUT2D eigenvalue weighted by atomic mass is 79.9. The van der Waals surface area contributed by atoms with Gasteiger partial charge in [-0.1, -0.05) is 0 Å². The fourth-order valence-corrected chi connectivity index (χ4v) is 2.00. The molecule has 2 aromatic rings. The Labute approximate surface area is 125 Å². The summed E-state index contributed by atoms with van der Waals surface area (Å²) in [5, 5.41) is 0. The van der Waals surface area contributed by atoms with Crippen molar-refractivity contribution in [1.29, 1.82) is 0 Å². The summed E-state index contributed by atoms with van der Waals surface area (Å²) in [6, 6.07) is 1.67. The van der Waals surface area contributed by atoms with Crippen LogP contribution in [0.1, 0.15) is 17.3 Å². The van der Waals surface area contributed by atoms with Crippen LogP contribution in [0.4, 0.5) is 5.69 Å². The van der Waals surface area contributed by atoms with Crippen LogP contribution in [0.2, 0.25) is 0 Å². The Morgan fingerprint density at radius 1 is 1.50 bits per heavy atom. The summed E-state index contributed by atoms with van der Waals surface area (Å²) in [6.07, 6.45) is 3.34. The molecule has 0 saturated heterocycles. The number of halogens is 1. The molecule has 0 atom stereocenters. The van der Waals surface area contributed by atoms with Gasteiger partial charge in [0.25, 0.3) is 0 Å². The predicted molar refractivity (Wildman–Crippen MR) is 80.7 cm³/mol. The van der Waals surface area contributed by atoms with Crippen LogP contribution in [0.5, 0.6) is 0 Å². The van der Waals surface area contributed by atoms with Crippen LogP contribution in [0.15, 0.2) is 28.1 Å². The van der Waals surface area contributed by atoms with Gasteiger partial charge < -0.3 is 9.64 Å². The first-order valence-corrected chi connectivity index (χ1v) is 6.71. The largest absolute Gasteiger partial charge is 0.465 e. The second kappa shape index (κ2) is 5.62. The van der Waals surface area contributed by atoms with E-state index >= 15 is 0 Å². The van der Waals surface area contributed by atoms with Crippen molar-refractivity contribution >= 4 is 39.1 Å². The first-order chi connectivity index (χ1) is 9.43. The fourth-order valence-electron chi connectivity index (χ4n) is 1.63. The van der Waals surface area contributed by atoms with Crippen molar-refractivity contribution in [2.75, 3.05) is 21.2 Å². The van der Waals surface area contributed by atoms with Crippen LogP contribution in [0.3, 0.4) is 0 Å². The van der Waals surface area contributed by atoms with Crippen molar-refractivity contribution in [3.8, 4) is 0 Å². The van der Waals surface area contributed by atoms with E-state index < -0.39 is 5.97 Å². The lowest BCUT2D eigenvalue weighted by Gasteiger charge is -2.12. The molecule has 106 valence electrons. The van der Waals surface area contributed by atoms with Crippen molar-refractivity contribution in [2.45, 2.75) is 6.92 Å². The number of aliphatic imine (C=N–C) groups is 1. The van der Waals surface area contributed by atoms with Gasteiger partial charge in [-0.15, -0.1) is 0 Å². The standard InChI is InChI=1S/C13H15BrN4O2/c1-8(17(2)3)16-10-5-9(13(19)20-4)7-18-11(14)6-15-12(10)18/h5-7H,1-4H3/b16-8+. The van der Waals surface area contributed by atoms with Crippen LogP contribution in [-0.4, -0.2) is 47.3 Å². The predicted octanol–water partition coefficient (Wildman–Crippen LogP) is 2.49. The zero-order valence-corrected chi connectivity index (χ0v) is 13.3. The monoisotopic (exact) mass is 338 g/mol. The lowest BCUT2D eigenvalue weighted by molar-refractivity contribution is 0.0600. The quantitative estimate of drug-likeness (QED) is 0.479. The lowest BCUT2D eigenvalue weighted by Crippen LogP contribution is -2.18. The topological polar surface area (TPSA) is 59.2 Å². The molecule has 7 heteroatoms. The second-order valence-corrected chi connectivity index (χ2v) is 5.25. The average Bonchev–Trinajstić information content (AvgIpc) is 2.79. The highest BCUT2D eigenvalue weighted by Crippen LogP contribution is 2.25. The zero-order chi connectivity index (χ0) is 14.9. The number of rotatable bonds is 2. The number of carbonyl (C=O) groups is 1. The van der Waals surface area contributed by atoms with E-state index in [1.54, 1.807) is 22.9 Å². The van der Waals surface area contributed by atoms with Crippen molar-refractivity contribution < 1.29 is 9.53 Å². The third-order valence-corrected chi connectivity index (χ3v) is 3.48. The van der Waals surface area contributed by atoms with E-state index in [2.05, 4.69) is 25.9 Å². The van der Waals surface area contributed by atoms with Gasteiger partial charge >= 0.3 is 5.97 Å². The van der Waals surface area contributed by atoms with Gasteiger partial charge in [0, 0.05) is 20.3 Å². The molecule has 0 fully saturated rings. The summed E-state index contributed by atoms with van der Waals surface area (Å²) in [5.74, 6) is 0.402. The van der Waals surface area contributed by atoms with Crippen molar-refractivity contribution in [3.63, 3.8) is 0 Å². The van der Waals surface area contributed by atoms with Gasteiger partial charge in [0.1, 0.15) is 16.1 Å². The number of imidazole rings is 1. The molecule has 0 aliphatic heterocycles. The molecular formula is C13H15BrN4O2. The molecular weight excluding hydrogens is 324 g/mol. The zero-order valence-electron chi connectivity index (χ0n) is 11.7. The normalized spacial score (nSPS) is 11.8. The van der Waals surface area contributed by atoms with Crippen LogP contribution in [-0.2, 0) is 4.74 Å². The van der Waals surface area contributed by atoms with Gasteiger partial charge in [-0.05, 0) is 28.9 Å². The Morgan fingerprint density at radius 3 is 2.80 bits per heavy atom. The minimum Gasteiger partial charge on any atom is -0.465 e. The number of esters is 1. The molecule has 0 amide bonds.